The van der Waals surface area contributed by atoms with Gasteiger partial charge < -0.3 is 15.2 Å². The van der Waals surface area contributed by atoms with Crippen molar-refractivity contribution >= 4 is 17.0 Å². The number of hydrogen-bond acceptors (Lipinski definition) is 3. The number of nitrogens with one attached hydrogen (secondary N) is 1. The fourth-order valence-electron chi connectivity index (χ4n) is 3.03. The molecule has 0 bridgehead atoms. The van der Waals surface area contributed by atoms with Gasteiger partial charge in [-0.25, -0.2) is 4.98 Å². The Hall–Kier alpha value is -2.04. The summed E-state index contributed by atoms with van der Waals surface area (Å²) < 4.78 is 0. The van der Waals surface area contributed by atoms with Crippen LogP contribution in [0.3, 0.4) is 0 Å². The van der Waals surface area contributed by atoms with Gasteiger partial charge in [0.05, 0.1) is 17.0 Å². The molecule has 1 aliphatic carbocycles. The zero-order valence-corrected chi connectivity index (χ0v) is 11.2. The zero-order chi connectivity index (χ0) is 14.1. The first-order valence-electron chi connectivity index (χ1n) is 7.02. The molecule has 20 heavy (non-hydrogen) atoms. The molecule has 0 radical (unpaired) electrons. The van der Waals surface area contributed by atoms with Crippen LogP contribution in [-0.4, -0.2) is 26.2 Å². The van der Waals surface area contributed by atoms with E-state index in [-0.39, 0.29) is 11.7 Å². The molecule has 3 rings (SSSR count). The highest BCUT2D eigenvalue weighted by Gasteiger charge is 2.26. The Morgan fingerprint density at radius 2 is 2.05 bits per heavy atom. The Kier molecular flexibility index (Phi) is 3.34. The predicted octanol–water partition coefficient (Wildman–Crippen LogP) is 2.70. The number of aromatic amines is 1. The lowest BCUT2D eigenvalue weighted by Gasteiger charge is -2.25. The van der Waals surface area contributed by atoms with E-state index < -0.39 is 5.97 Å². The molecule has 2 aromatic rings. The number of fused-ring (bicyclic) bond motifs is 1. The first-order chi connectivity index (χ1) is 9.61. The molecule has 0 unspecified atom stereocenters. The van der Waals surface area contributed by atoms with Gasteiger partial charge in [-0.1, -0.05) is 0 Å². The van der Waals surface area contributed by atoms with Crippen LogP contribution in [0, 0.1) is 11.8 Å². The van der Waals surface area contributed by atoms with Crippen LogP contribution in [0.25, 0.3) is 11.0 Å². The van der Waals surface area contributed by atoms with Crippen molar-refractivity contribution in [1.82, 2.24) is 9.97 Å². The second-order valence-electron chi connectivity index (χ2n) is 5.64. The maximum absolute atomic E-state index is 10.9. The van der Waals surface area contributed by atoms with Gasteiger partial charge in [0.25, 0.3) is 0 Å². The third-order valence-corrected chi connectivity index (χ3v) is 4.19. The van der Waals surface area contributed by atoms with E-state index in [2.05, 4.69) is 9.97 Å². The number of imidazole rings is 1. The molecule has 5 nitrogen and oxygen atoms in total. The Morgan fingerprint density at radius 1 is 1.30 bits per heavy atom. The van der Waals surface area contributed by atoms with Gasteiger partial charge in [0.2, 0.25) is 0 Å². The maximum atomic E-state index is 10.9. The molecule has 1 aliphatic rings. The van der Waals surface area contributed by atoms with Crippen molar-refractivity contribution in [2.75, 3.05) is 0 Å². The monoisotopic (exact) mass is 274 g/mol. The number of aromatic nitrogens is 2. The number of nitrogens with zero attached hydrogens (tertiary/aromatic N) is 1. The topological polar surface area (TPSA) is 86.2 Å². The molecule has 106 valence electrons. The Morgan fingerprint density at radius 3 is 2.75 bits per heavy atom. The van der Waals surface area contributed by atoms with Gasteiger partial charge in [-0.15, -0.1) is 0 Å². The van der Waals surface area contributed by atoms with Gasteiger partial charge >= 0.3 is 5.97 Å². The van der Waals surface area contributed by atoms with Crippen LogP contribution in [0.4, 0.5) is 0 Å². The summed E-state index contributed by atoms with van der Waals surface area (Å²) in [6.07, 6.45) is 4.27. The highest BCUT2D eigenvalue weighted by molar-refractivity contribution is 5.76. The van der Waals surface area contributed by atoms with Crippen molar-refractivity contribution in [3.63, 3.8) is 0 Å². The van der Waals surface area contributed by atoms with Crippen molar-refractivity contribution in [2.24, 2.45) is 11.8 Å². The minimum Gasteiger partial charge on any atom is -0.508 e. The minimum atomic E-state index is -0.664. The summed E-state index contributed by atoms with van der Waals surface area (Å²) in [4.78, 5) is 18.7. The summed E-state index contributed by atoms with van der Waals surface area (Å²) in [6, 6.07) is 5.10. The highest BCUT2D eigenvalue weighted by atomic mass is 16.4. The van der Waals surface area contributed by atoms with Crippen molar-refractivity contribution in [1.29, 1.82) is 0 Å². The number of carboxylic acid groups (broad SMARTS) is 1. The fraction of sp³-hybridized carbons (Fsp3) is 0.467. The number of rotatable bonds is 3. The summed E-state index contributed by atoms with van der Waals surface area (Å²) in [5, 5.41) is 18.4. The molecule has 0 aliphatic heterocycles. The van der Waals surface area contributed by atoms with Crippen LogP contribution in [0.5, 0.6) is 5.75 Å². The van der Waals surface area contributed by atoms with Crippen molar-refractivity contribution in [3.8, 4) is 5.75 Å². The van der Waals surface area contributed by atoms with E-state index in [1.54, 1.807) is 18.2 Å². The van der Waals surface area contributed by atoms with Crippen LogP contribution in [0.2, 0.25) is 0 Å². The molecule has 0 atom stereocenters. The summed E-state index contributed by atoms with van der Waals surface area (Å²) in [5.41, 5.74) is 1.70. The molecule has 0 amide bonds. The number of H-pyrrole nitrogens is 1. The number of hydrogen-bond donors (Lipinski definition) is 3. The van der Waals surface area contributed by atoms with E-state index >= 15 is 0 Å². The lowest BCUT2D eigenvalue weighted by molar-refractivity contribution is -0.143. The van der Waals surface area contributed by atoms with Crippen molar-refractivity contribution in [3.05, 3.63) is 24.0 Å². The van der Waals surface area contributed by atoms with E-state index in [0.717, 1.165) is 49.0 Å². The number of carboxylic acids is 1. The first kappa shape index (κ1) is 13.0. The molecule has 1 aromatic heterocycles. The molecule has 0 spiro atoms. The predicted molar refractivity (Wildman–Crippen MR) is 74.5 cm³/mol. The third-order valence-electron chi connectivity index (χ3n) is 4.19. The molecular weight excluding hydrogens is 256 g/mol. The molecule has 1 heterocycles. The third kappa shape index (κ3) is 2.61. The van der Waals surface area contributed by atoms with E-state index in [1.807, 2.05) is 0 Å². The van der Waals surface area contributed by atoms with Gasteiger partial charge in [-0.05, 0) is 43.7 Å². The van der Waals surface area contributed by atoms with Gasteiger partial charge in [0.15, 0.2) is 0 Å². The number of aromatic hydroxyl groups is 1. The molecule has 3 N–H and O–H groups in total. The zero-order valence-electron chi connectivity index (χ0n) is 11.2. The van der Waals surface area contributed by atoms with Gasteiger partial charge in [0, 0.05) is 12.5 Å². The largest absolute Gasteiger partial charge is 0.508 e. The number of phenolic OH excluding ortho intramolecular Hbond substituents is 1. The quantitative estimate of drug-likeness (QED) is 0.803. The fourth-order valence-corrected chi connectivity index (χ4v) is 3.03. The van der Waals surface area contributed by atoms with Crippen LogP contribution < -0.4 is 0 Å². The lowest BCUT2D eigenvalue weighted by atomic mass is 9.80. The maximum Gasteiger partial charge on any atom is 0.306 e. The average Bonchev–Trinajstić information content (AvgIpc) is 2.80. The Labute approximate surface area is 116 Å². The van der Waals surface area contributed by atoms with Crippen LogP contribution in [0.15, 0.2) is 18.2 Å². The number of aliphatic carboxylic acids is 1. The van der Waals surface area contributed by atoms with E-state index in [9.17, 15) is 9.90 Å². The number of benzene rings is 1. The van der Waals surface area contributed by atoms with E-state index in [1.165, 1.54) is 0 Å². The van der Waals surface area contributed by atoms with Crippen molar-refractivity contribution in [2.45, 2.75) is 32.1 Å². The molecule has 1 saturated carbocycles. The smallest absolute Gasteiger partial charge is 0.306 e. The molecule has 1 fully saturated rings. The van der Waals surface area contributed by atoms with Gasteiger partial charge in [-0.3, -0.25) is 4.79 Å². The molecule has 5 heteroatoms. The van der Waals surface area contributed by atoms with Crippen molar-refractivity contribution < 1.29 is 15.0 Å². The van der Waals surface area contributed by atoms with Crippen LogP contribution in [0.1, 0.15) is 31.5 Å². The summed E-state index contributed by atoms with van der Waals surface area (Å²) in [6.45, 7) is 0. The standard InChI is InChI=1S/C15H18N2O3/c18-11-5-6-12-13(8-11)17-14(16-12)7-9-1-3-10(4-2-9)15(19)20/h5-6,8-10,18H,1-4,7H2,(H,16,17)(H,19,20). The second-order valence-corrected chi connectivity index (χ2v) is 5.64. The summed E-state index contributed by atoms with van der Waals surface area (Å²) in [5.74, 6) is 0.820. The van der Waals surface area contributed by atoms with Crippen LogP contribution in [-0.2, 0) is 11.2 Å². The average molecular weight is 274 g/mol. The van der Waals surface area contributed by atoms with Gasteiger partial charge in [-0.2, -0.15) is 0 Å². The first-order valence-corrected chi connectivity index (χ1v) is 7.02. The van der Waals surface area contributed by atoms with Gasteiger partial charge in [0.1, 0.15) is 11.6 Å². The van der Waals surface area contributed by atoms with Crippen LogP contribution >= 0.6 is 0 Å². The second kappa shape index (κ2) is 5.15. The molecule has 1 aromatic carbocycles. The van der Waals surface area contributed by atoms with E-state index in [4.69, 9.17) is 5.11 Å². The van der Waals surface area contributed by atoms with E-state index in [0.29, 0.717) is 5.92 Å². The lowest BCUT2D eigenvalue weighted by Crippen LogP contribution is -2.22. The summed E-state index contributed by atoms with van der Waals surface area (Å²) in [7, 11) is 0. The Balaban J connectivity index is 1.66. The minimum absolute atomic E-state index is 0.168. The molecular formula is C15H18N2O3. The Bertz CT molecular complexity index is 627. The molecule has 0 saturated heterocycles. The number of phenols is 1. The number of carbonyl (C=O) groups is 1. The SMILES string of the molecule is O=C(O)C1CCC(Cc2nc3ccc(O)cc3[nH]2)CC1. The normalized spacial score (nSPS) is 23.0. The summed E-state index contributed by atoms with van der Waals surface area (Å²) >= 11 is 0. The highest BCUT2D eigenvalue weighted by Crippen LogP contribution is 2.31.